The van der Waals surface area contributed by atoms with Crippen molar-refractivity contribution in [3.8, 4) is 56.7 Å². The molecule has 0 atom stereocenters. The number of fused-ring (bicyclic) bond motifs is 6. The van der Waals surface area contributed by atoms with Crippen LogP contribution in [0.15, 0.2) is 194 Å². The van der Waals surface area contributed by atoms with Gasteiger partial charge in [0.25, 0.3) is 0 Å². The number of hydrogen-bond donors (Lipinski definition) is 0. The van der Waals surface area contributed by atoms with Gasteiger partial charge in [-0.1, -0.05) is 133 Å². The first-order valence-corrected chi connectivity index (χ1v) is 18.7. The first-order chi connectivity index (χ1) is 27.8. The number of nitrogens with zero attached hydrogens (tertiary/aromatic N) is 6. The molecule has 0 bridgehead atoms. The summed E-state index contributed by atoms with van der Waals surface area (Å²) in [6.07, 6.45) is 1.87. The summed E-state index contributed by atoms with van der Waals surface area (Å²) in [5.41, 5.74) is 11.5. The standard InChI is InChI=1S/C50H32N6/c1-4-14-33(15-5-1)36-20-12-21-38(30-36)55-45-28-26-39(56-44-24-11-10-22-40(44)42-23-13-29-51-50(42)56)32-43(45)41-27-25-37(31-46(41)55)49-53-47(34-16-6-2-7-17-34)52-48(54-49)35-18-8-3-9-19-35/h1-32H. The molecule has 0 aliphatic heterocycles. The minimum atomic E-state index is 0.617. The third kappa shape index (κ3) is 5.27. The molecule has 0 radical (unpaired) electrons. The Labute approximate surface area is 322 Å². The number of hydrogen-bond acceptors (Lipinski definition) is 4. The Morgan fingerprint density at radius 1 is 0.304 bits per heavy atom. The molecule has 0 spiro atoms. The molecule has 11 rings (SSSR count). The summed E-state index contributed by atoms with van der Waals surface area (Å²) in [5.74, 6) is 1.89. The minimum absolute atomic E-state index is 0.617. The van der Waals surface area contributed by atoms with E-state index in [2.05, 4.69) is 130 Å². The summed E-state index contributed by atoms with van der Waals surface area (Å²) in [5, 5.41) is 4.59. The highest BCUT2D eigenvalue weighted by atomic mass is 15.1. The summed E-state index contributed by atoms with van der Waals surface area (Å²) >= 11 is 0. The zero-order valence-electron chi connectivity index (χ0n) is 30.2. The lowest BCUT2D eigenvalue weighted by Crippen LogP contribution is -2.00. The van der Waals surface area contributed by atoms with E-state index in [4.69, 9.17) is 19.9 Å². The van der Waals surface area contributed by atoms with Crippen LogP contribution < -0.4 is 0 Å². The van der Waals surface area contributed by atoms with Gasteiger partial charge in [-0.3, -0.25) is 4.57 Å². The van der Waals surface area contributed by atoms with E-state index in [1.54, 1.807) is 0 Å². The maximum atomic E-state index is 5.08. The molecule has 6 heteroatoms. The molecule has 4 heterocycles. The van der Waals surface area contributed by atoms with Crippen molar-refractivity contribution in [1.29, 1.82) is 0 Å². The van der Waals surface area contributed by atoms with Crippen LogP contribution in [0, 0.1) is 0 Å². The van der Waals surface area contributed by atoms with E-state index in [0.29, 0.717) is 17.5 Å². The minimum Gasteiger partial charge on any atom is -0.309 e. The van der Waals surface area contributed by atoms with E-state index < -0.39 is 0 Å². The molecule has 56 heavy (non-hydrogen) atoms. The third-order valence-corrected chi connectivity index (χ3v) is 10.6. The van der Waals surface area contributed by atoms with Crippen molar-refractivity contribution < 1.29 is 0 Å². The van der Waals surface area contributed by atoms with Crippen LogP contribution >= 0.6 is 0 Å². The molecule has 0 aliphatic carbocycles. The van der Waals surface area contributed by atoms with Gasteiger partial charge in [-0.2, -0.15) is 0 Å². The molecule has 262 valence electrons. The van der Waals surface area contributed by atoms with Crippen molar-refractivity contribution in [3.05, 3.63) is 194 Å². The number of benzene rings is 7. The van der Waals surface area contributed by atoms with Crippen molar-refractivity contribution in [3.63, 3.8) is 0 Å². The van der Waals surface area contributed by atoms with Crippen LogP contribution in [0.1, 0.15) is 0 Å². The Balaban J connectivity index is 1.17. The van der Waals surface area contributed by atoms with Crippen molar-refractivity contribution in [1.82, 2.24) is 29.1 Å². The molecule has 6 nitrogen and oxygen atoms in total. The van der Waals surface area contributed by atoms with Crippen molar-refractivity contribution in [2.24, 2.45) is 0 Å². The van der Waals surface area contributed by atoms with Gasteiger partial charge in [0.15, 0.2) is 17.5 Å². The Bertz CT molecular complexity index is 3130. The highest BCUT2D eigenvalue weighted by molar-refractivity contribution is 6.12. The molecular formula is C50H32N6. The lowest BCUT2D eigenvalue weighted by atomic mass is 10.1. The second-order valence-corrected chi connectivity index (χ2v) is 14.0. The molecule has 0 saturated heterocycles. The third-order valence-electron chi connectivity index (χ3n) is 10.6. The first-order valence-electron chi connectivity index (χ1n) is 18.7. The molecule has 0 fully saturated rings. The highest BCUT2D eigenvalue weighted by Gasteiger charge is 2.19. The smallest absolute Gasteiger partial charge is 0.164 e. The Hall–Kier alpha value is -7.70. The molecule has 0 amide bonds. The highest BCUT2D eigenvalue weighted by Crippen LogP contribution is 2.38. The molecule has 0 saturated carbocycles. The van der Waals surface area contributed by atoms with Crippen LogP contribution in [-0.2, 0) is 0 Å². The zero-order valence-corrected chi connectivity index (χ0v) is 30.2. The van der Waals surface area contributed by atoms with Crippen LogP contribution in [0.25, 0.3) is 100 Å². The van der Waals surface area contributed by atoms with Crippen LogP contribution in [0.4, 0.5) is 0 Å². The van der Waals surface area contributed by atoms with Gasteiger partial charge >= 0.3 is 0 Å². The second kappa shape index (κ2) is 13.0. The molecule has 4 aromatic heterocycles. The number of pyridine rings is 1. The Morgan fingerprint density at radius 3 is 1.61 bits per heavy atom. The van der Waals surface area contributed by atoms with E-state index in [1.807, 2.05) is 72.9 Å². The summed E-state index contributed by atoms with van der Waals surface area (Å²) < 4.78 is 4.64. The van der Waals surface area contributed by atoms with Gasteiger partial charge < -0.3 is 4.57 Å². The van der Waals surface area contributed by atoms with Gasteiger partial charge in [-0.15, -0.1) is 0 Å². The fourth-order valence-electron chi connectivity index (χ4n) is 8.02. The van der Waals surface area contributed by atoms with Gasteiger partial charge in [-0.25, -0.2) is 19.9 Å². The van der Waals surface area contributed by atoms with Crippen molar-refractivity contribution in [2.75, 3.05) is 0 Å². The maximum Gasteiger partial charge on any atom is 0.164 e. The van der Waals surface area contributed by atoms with Crippen LogP contribution in [0.3, 0.4) is 0 Å². The zero-order chi connectivity index (χ0) is 37.0. The molecule has 0 aliphatic rings. The summed E-state index contributed by atoms with van der Waals surface area (Å²) in [6.45, 7) is 0. The quantitative estimate of drug-likeness (QED) is 0.172. The largest absolute Gasteiger partial charge is 0.309 e. The van der Waals surface area contributed by atoms with Crippen molar-refractivity contribution >= 4 is 43.7 Å². The SMILES string of the molecule is c1ccc(-c2cccc(-n3c4ccc(-n5c6ccccc6c6cccnc65)cc4c4ccc(-c5nc(-c6ccccc6)nc(-c6ccccc6)n5)cc43)c2)cc1. The van der Waals surface area contributed by atoms with Crippen LogP contribution in [0.2, 0.25) is 0 Å². The Morgan fingerprint density at radius 2 is 0.875 bits per heavy atom. The fraction of sp³-hybridized carbons (Fsp3) is 0. The average molecular weight is 717 g/mol. The molecule has 7 aromatic carbocycles. The lowest BCUT2D eigenvalue weighted by molar-refractivity contribution is 1.07. The fourth-order valence-corrected chi connectivity index (χ4v) is 8.02. The van der Waals surface area contributed by atoms with Gasteiger partial charge in [0.1, 0.15) is 5.65 Å². The van der Waals surface area contributed by atoms with E-state index in [-0.39, 0.29) is 0 Å². The van der Waals surface area contributed by atoms with E-state index in [1.165, 1.54) is 10.9 Å². The van der Waals surface area contributed by atoms with Crippen LogP contribution in [-0.4, -0.2) is 29.1 Å². The van der Waals surface area contributed by atoms with Gasteiger partial charge in [0.05, 0.1) is 16.6 Å². The number of aromatic nitrogens is 6. The summed E-state index contributed by atoms with van der Waals surface area (Å²) in [6, 6.07) is 65.6. The molecule has 0 unspecified atom stereocenters. The van der Waals surface area contributed by atoms with Gasteiger partial charge in [-0.05, 0) is 65.7 Å². The summed E-state index contributed by atoms with van der Waals surface area (Å²) in [4.78, 5) is 20.0. The average Bonchev–Trinajstić information content (AvgIpc) is 3.79. The van der Waals surface area contributed by atoms with Gasteiger partial charge in [0.2, 0.25) is 0 Å². The predicted octanol–water partition coefficient (Wildman–Crippen LogP) is 12.1. The second-order valence-electron chi connectivity index (χ2n) is 14.0. The van der Waals surface area contributed by atoms with E-state index in [9.17, 15) is 0 Å². The van der Waals surface area contributed by atoms with E-state index >= 15 is 0 Å². The molecule has 11 aromatic rings. The lowest BCUT2D eigenvalue weighted by Gasteiger charge is -2.12. The van der Waals surface area contributed by atoms with Gasteiger partial charge in [0, 0.05) is 55.8 Å². The van der Waals surface area contributed by atoms with Crippen molar-refractivity contribution in [2.45, 2.75) is 0 Å². The van der Waals surface area contributed by atoms with Crippen LogP contribution in [0.5, 0.6) is 0 Å². The normalized spacial score (nSPS) is 11.6. The number of rotatable bonds is 6. The first kappa shape index (κ1) is 31.8. The maximum absolute atomic E-state index is 5.08. The topological polar surface area (TPSA) is 61.4 Å². The Kier molecular flexibility index (Phi) is 7.38. The predicted molar refractivity (Wildman–Crippen MR) is 228 cm³/mol. The number of para-hydroxylation sites is 1. The molecular weight excluding hydrogens is 685 g/mol. The van der Waals surface area contributed by atoms with E-state index in [0.717, 1.165) is 72.0 Å². The monoisotopic (exact) mass is 716 g/mol. The summed E-state index contributed by atoms with van der Waals surface area (Å²) in [7, 11) is 0. The molecule has 0 N–H and O–H groups in total.